The zero-order valence-corrected chi connectivity index (χ0v) is 15.7. The first kappa shape index (κ1) is 19.5. The van der Waals surface area contributed by atoms with Crippen molar-refractivity contribution in [1.82, 2.24) is 15.2 Å². The first-order chi connectivity index (χ1) is 12.6. The Morgan fingerprint density at radius 3 is 2.63 bits per heavy atom. The lowest BCUT2D eigenvalue weighted by molar-refractivity contribution is -0.0888. The highest BCUT2D eigenvalue weighted by Crippen LogP contribution is 2.40. The molecule has 3 rings (SSSR count). The van der Waals surface area contributed by atoms with Crippen LogP contribution in [0, 0.1) is 5.92 Å². The molecule has 4 nitrogen and oxygen atoms in total. The van der Waals surface area contributed by atoms with Gasteiger partial charge in [0.15, 0.2) is 0 Å². The highest BCUT2D eigenvalue weighted by atomic mass is 19.4. The third-order valence-electron chi connectivity index (χ3n) is 4.77. The summed E-state index contributed by atoms with van der Waals surface area (Å²) < 4.78 is 38.8. The van der Waals surface area contributed by atoms with Crippen LogP contribution in [0.2, 0.25) is 0 Å². The van der Waals surface area contributed by atoms with Crippen LogP contribution in [-0.2, 0) is 6.42 Å². The fourth-order valence-corrected chi connectivity index (χ4v) is 3.59. The number of rotatable bonds is 1. The molecule has 1 aromatic rings. The van der Waals surface area contributed by atoms with Gasteiger partial charge in [-0.05, 0) is 45.2 Å². The maximum atomic E-state index is 12.9. The molecule has 27 heavy (non-hydrogen) atoms. The van der Waals surface area contributed by atoms with Crippen molar-refractivity contribution in [1.29, 1.82) is 0 Å². The molecule has 146 valence electrons. The minimum atomic E-state index is -4.35. The van der Waals surface area contributed by atoms with Crippen LogP contribution in [0.3, 0.4) is 0 Å². The number of amides is 2. The summed E-state index contributed by atoms with van der Waals surface area (Å²) in [5.74, 6) is -0.254. The van der Waals surface area contributed by atoms with E-state index in [1.165, 1.54) is 6.08 Å². The Balaban J connectivity index is 1.92. The number of pyridine rings is 1. The van der Waals surface area contributed by atoms with Crippen LogP contribution in [0.15, 0.2) is 42.1 Å². The molecule has 7 heteroatoms. The number of allylic oxidation sites excluding steroid dienone is 3. The second kappa shape index (κ2) is 7.02. The number of fused-ring (bicyclic) bond motifs is 1. The van der Waals surface area contributed by atoms with Crippen molar-refractivity contribution in [3.63, 3.8) is 0 Å². The zero-order chi connectivity index (χ0) is 19.8. The number of nitrogens with zero attached hydrogens (tertiary/aromatic N) is 2. The second-order valence-corrected chi connectivity index (χ2v) is 8.03. The standard InChI is InChI=1S/C20H24F3N3O/c1-19(2,3)25-18(27)26-12-10-13-5-4-11-24-16(13)17(26)14-6-8-15(9-7-14)20(21,22)23/h4-6,8-9,11,14,17H,7,10,12H2,1-3H3,(H,25,27)/t14?,17-/m1/s1. The largest absolute Gasteiger partial charge is 0.416 e. The summed E-state index contributed by atoms with van der Waals surface area (Å²) in [7, 11) is 0. The van der Waals surface area contributed by atoms with Gasteiger partial charge in [-0.25, -0.2) is 4.79 Å². The minimum Gasteiger partial charge on any atom is -0.333 e. The molecule has 0 radical (unpaired) electrons. The Bertz CT molecular complexity index is 777. The molecule has 0 fully saturated rings. The van der Waals surface area contributed by atoms with Crippen molar-refractivity contribution in [3.8, 4) is 0 Å². The van der Waals surface area contributed by atoms with E-state index in [0.717, 1.165) is 17.3 Å². The number of aromatic nitrogens is 1. The molecule has 2 aliphatic rings. The topological polar surface area (TPSA) is 45.2 Å². The maximum Gasteiger partial charge on any atom is 0.416 e. The van der Waals surface area contributed by atoms with Crippen LogP contribution >= 0.6 is 0 Å². The van der Waals surface area contributed by atoms with Gasteiger partial charge in [0.05, 0.1) is 17.3 Å². The van der Waals surface area contributed by atoms with Crippen LogP contribution in [-0.4, -0.2) is 34.2 Å². The average molecular weight is 379 g/mol. The predicted molar refractivity (Wildman–Crippen MR) is 97.1 cm³/mol. The van der Waals surface area contributed by atoms with Gasteiger partial charge in [-0.3, -0.25) is 4.98 Å². The third kappa shape index (κ3) is 4.34. The van der Waals surface area contributed by atoms with E-state index in [1.54, 1.807) is 17.2 Å². The molecular weight excluding hydrogens is 355 g/mol. The van der Waals surface area contributed by atoms with Crippen molar-refractivity contribution in [2.45, 2.75) is 51.4 Å². The molecule has 1 aliphatic carbocycles. The van der Waals surface area contributed by atoms with Crippen LogP contribution in [0.1, 0.15) is 44.5 Å². The summed E-state index contributed by atoms with van der Waals surface area (Å²) in [6, 6.07) is 3.21. The van der Waals surface area contributed by atoms with Crippen LogP contribution in [0.5, 0.6) is 0 Å². The summed E-state index contributed by atoms with van der Waals surface area (Å²) in [6.07, 6.45) is 2.10. The van der Waals surface area contributed by atoms with Gasteiger partial charge in [0.1, 0.15) is 0 Å². The highest BCUT2D eigenvalue weighted by Gasteiger charge is 2.39. The average Bonchev–Trinajstić information content (AvgIpc) is 2.58. The molecular formula is C20H24F3N3O. The molecule has 0 saturated heterocycles. The van der Waals surface area contributed by atoms with Gasteiger partial charge in [0.2, 0.25) is 0 Å². The smallest absolute Gasteiger partial charge is 0.333 e. The van der Waals surface area contributed by atoms with Gasteiger partial charge in [0.25, 0.3) is 0 Å². The van der Waals surface area contributed by atoms with Crippen molar-refractivity contribution in [3.05, 3.63) is 53.4 Å². The number of hydrogen-bond acceptors (Lipinski definition) is 2. The van der Waals surface area contributed by atoms with Crippen LogP contribution in [0.4, 0.5) is 18.0 Å². The molecule has 0 aromatic carbocycles. The Morgan fingerprint density at radius 1 is 1.30 bits per heavy atom. The SMILES string of the molecule is CC(C)(C)NC(=O)N1CCc2cccnc2[C@H]1C1C=CC(C(F)(F)F)=CC1. The molecule has 1 N–H and O–H groups in total. The van der Waals surface area contributed by atoms with E-state index in [4.69, 9.17) is 0 Å². The molecule has 1 unspecified atom stereocenters. The van der Waals surface area contributed by atoms with Crippen LogP contribution in [0.25, 0.3) is 0 Å². The van der Waals surface area contributed by atoms with Crippen molar-refractivity contribution in [2.75, 3.05) is 6.54 Å². The van der Waals surface area contributed by atoms with Gasteiger partial charge < -0.3 is 10.2 Å². The molecule has 1 aromatic heterocycles. The Hall–Kier alpha value is -2.31. The van der Waals surface area contributed by atoms with E-state index in [9.17, 15) is 18.0 Å². The third-order valence-corrected chi connectivity index (χ3v) is 4.77. The molecule has 0 spiro atoms. The maximum absolute atomic E-state index is 12.9. The summed E-state index contributed by atoms with van der Waals surface area (Å²) in [5, 5.41) is 2.96. The number of carbonyl (C=O) groups is 1. The number of nitrogens with one attached hydrogen (secondary N) is 1. The fourth-order valence-electron chi connectivity index (χ4n) is 3.59. The van der Waals surface area contributed by atoms with Gasteiger partial charge >= 0.3 is 12.2 Å². The molecule has 1 aliphatic heterocycles. The first-order valence-corrected chi connectivity index (χ1v) is 9.04. The van der Waals surface area contributed by atoms with Gasteiger partial charge in [0, 0.05) is 24.2 Å². The van der Waals surface area contributed by atoms with Crippen molar-refractivity contribution < 1.29 is 18.0 Å². The lowest BCUT2D eigenvalue weighted by Crippen LogP contribution is -2.52. The Labute approximate surface area is 157 Å². The summed E-state index contributed by atoms with van der Waals surface area (Å²) in [4.78, 5) is 19.1. The van der Waals surface area contributed by atoms with Gasteiger partial charge in [-0.1, -0.05) is 24.3 Å². The Kier molecular flexibility index (Phi) is 5.06. The van der Waals surface area contributed by atoms with Gasteiger partial charge in [-0.2, -0.15) is 13.2 Å². The number of urea groups is 1. The summed E-state index contributed by atoms with van der Waals surface area (Å²) in [5.41, 5.74) is 0.770. The molecule has 2 atom stereocenters. The zero-order valence-electron chi connectivity index (χ0n) is 15.7. The number of carbonyl (C=O) groups excluding carboxylic acids is 1. The summed E-state index contributed by atoms with van der Waals surface area (Å²) >= 11 is 0. The quantitative estimate of drug-likeness (QED) is 0.778. The van der Waals surface area contributed by atoms with E-state index in [2.05, 4.69) is 10.3 Å². The van der Waals surface area contributed by atoms with E-state index >= 15 is 0 Å². The van der Waals surface area contributed by atoms with E-state index in [-0.39, 0.29) is 24.4 Å². The molecule has 2 amide bonds. The second-order valence-electron chi connectivity index (χ2n) is 8.03. The number of hydrogen-bond donors (Lipinski definition) is 1. The van der Waals surface area contributed by atoms with Crippen molar-refractivity contribution in [2.24, 2.45) is 5.92 Å². The lowest BCUT2D eigenvalue weighted by Gasteiger charge is -2.41. The van der Waals surface area contributed by atoms with Crippen LogP contribution < -0.4 is 5.32 Å². The molecule has 2 heterocycles. The normalized spacial score (nSPS) is 22.9. The summed E-state index contributed by atoms with van der Waals surface area (Å²) in [6.45, 7) is 6.20. The number of halogens is 3. The van der Waals surface area contributed by atoms with Gasteiger partial charge in [-0.15, -0.1) is 0 Å². The predicted octanol–water partition coefficient (Wildman–Crippen LogP) is 4.55. The monoisotopic (exact) mass is 379 g/mol. The minimum absolute atomic E-state index is 0.214. The van der Waals surface area contributed by atoms with E-state index in [1.807, 2.05) is 32.9 Å². The Morgan fingerprint density at radius 2 is 2.04 bits per heavy atom. The first-order valence-electron chi connectivity index (χ1n) is 9.04. The molecule has 0 bridgehead atoms. The number of alkyl halides is 3. The van der Waals surface area contributed by atoms with E-state index in [0.29, 0.717) is 13.0 Å². The lowest BCUT2D eigenvalue weighted by atomic mass is 9.83. The highest BCUT2D eigenvalue weighted by molar-refractivity contribution is 5.76. The van der Waals surface area contributed by atoms with E-state index < -0.39 is 17.3 Å². The molecule has 0 saturated carbocycles. The van der Waals surface area contributed by atoms with Crippen molar-refractivity contribution >= 4 is 6.03 Å². The fraction of sp³-hybridized carbons (Fsp3) is 0.500.